The molecule has 0 fully saturated rings. The van der Waals surface area contributed by atoms with Gasteiger partial charge < -0.3 is 9.84 Å². The molecule has 0 rings (SSSR count). The fourth-order valence-electron chi connectivity index (χ4n) is 0.575. The monoisotopic (exact) mass is 236 g/mol. The number of hydrogen-bond acceptors (Lipinski definition) is 3. The van der Waals surface area contributed by atoms with E-state index in [1.54, 1.807) is 0 Å². The molecule has 0 aromatic rings. The fourth-order valence-corrected chi connectivity index (χ4v) is 1.29. The van der Waals surface area contributed by atoms with Gasteiger partial charge in [0.25, 0.3) is 0 Å². The molecule has 3 nitrogen and oxygen atoms in total. The second-order valence-electron chi connectivity index (χ2n) is 2.74. The Morgan fingerprint density at radius 3 is 2.42 bits per heavy atom. The Morgan fingerprint density at radius 1 is 1.58 bits per heavy atom. The van der Waals surface area contributed by atoms with Crippen molar-refractivity contribution in [3.63, 3.8) is 0 Å². The highest BCUT2D eigenvalue weighted by atomic mass is 79.9. The van der Waals surface area contributed by atoms with E-state index in [4.69, 9.17) is 0 Å². The Bertz CT molecular complexity index is 187. The fraction of sp³-hybridized carbons (Fsp3) is 0.625. The van der Waals surface area contributed by atoms with Crippen molar-refractivity contribution in [3.8, 4) is 0 Å². The Hall–Kier alpha value is -0.350. The molecule has 0 aromatic heterocycles. The number of aliphatic hydroxyl groups is 1. The molecule has 0 saturated heterocycles. The quantitative estimate of drug-likeness (QED) is 0.597. The highest BCUT2D eigenvalue weighted by Gasteiger charge is 2.13. The first-order chi connectivity index (χ1) is 5.49. The summed E-state index contributed by atoms with van der Waals surface area (Å²) in [5, 5.41) is 9.42. The highest BCUT2D eigenvalue weighted by molar-refractivity contribution is 9.11. The van der Waals surface area contributed by atoms with Crippen molar-refractivity contribution < 1.29 is 14.6 Å². The summed E-state index contributed by atoms with van der Waals surface area (Å²) in [6.45, 7) is 3.72. The van der Waals surface area contributed by atoms with Crippen LogP contribution in [0.5, 0.6) is 0 Å². The van der Waals surface area contributed by atoms with Crippen LogP contribution in [0.4, 0.5) is 0 Å². The van der Waals surface area contributed by atoms with E-state index in [9.17, 15) is 9.90 Å². The van der Waals surface area contributed by atoms with E-state index in [0.717, 1.165) is 0 Å². The van der Waals surface area contributed by atoms with E-state index in [1.165, 1.54) is 13.2 Å². The highest BCUT2D eigenvalue weighted by Crippen LogP contribution is 2.17. The average Bonchev–Trinajstić information content (AvgIpc) is 2.02. The molecule has 1 atom stereocenters. The predicted molar refractivity (Wildman–Crippen MR) is 49.9 cm³/mol. The van der Waals surface area contributed by atoms with E-state index < -0.39 is 12.1 Å². The van der Waals surface area contributed by atoms with Crippen molar-refractivity contribution in [2.24, 2.45) is 5.92 Å². The zero-order chi connectivity index (χ0) is 9.72. The first-order valence-corrected chi connectivity index (χ1v) is 4.41. The van der Waals surface area contributed by atoms with E-state index in [-0.39, 0.29) is 5.92 Å². The lowest BCUT2D eigenvalue weighted by Gasteiger charge is -2.12. The third-order valence-electron chi connectivity index (χ3n) is 1.37. The minimum atomic E-state index is -0.649. The summed E-state index contributed by atoms with van der Waals surface area (Å²) in [4.78, 5) is 10.7. The molecule has 70 valence electrons. The van der Waals surface area contributed by atoms with Gasteiger partial charge in [0, 0.05) is 10.6 Å². The smallest absolute Gasteiger partial charge is 0.331 e. The van der Waals surface area contributed by atoms with Gasteiger partial charge in [0.05, 0.1) is 13.2 Å². The van der Waals surface area contributed by atoms with Crippen LogP contribution in [0.3, 0.4) is 0 Å². The zero-order valence-corrected chi connectivity index (χ0v) is 8.96. The van der Waals surface area contributed by atoms with Crippen LogP contribution in [-0.4, -0.2) is 24.3 Å². The molecule has 0 spiro atoms. The number of ether oxygens (including phenoxy) is 1. The molecular formula is C8H13BrO3. The van der Waals surface area contributed by atoms with E-state index in [0.29, 0.717) is 4.48 Å². The summed E-state index contributed by atoms with van der Waals surface area (Å²) in [6, 6.07) is 0. The molecule has 0 aliphatic rings. The molecule has 0 aromatic carbocycles. The summed E-state index contributed by atoms with van der Waals surface area (Å²) in [7, 11) is 1.29. The average molecular weight is 237 g/mol. The summed E-state index contributed by atoms with van der Waals surface area (Å²) in [6.07, 6.45) is 0.578. The largest absolute Gasteiger partial charge is 0.466 e. The molecule has 0 heterocycles. The number of carbonyl (C=O) groups is 1. The SMILES string of the molecule is COC(=O)/C=C(/Br)C(O)C(C)C. The maximum absolute atomic E-state index is 10.7. The van der Waals surface area contributed by atoms with Crippen LogP contribution >= 0.6 is 15.9 Å². The summed E-state index contributed by atoms with van der Waals surface area (Å²) >= 11 is 3.10. The summed E-state index contributed by atoms with van der Waals surface area (Å²) in [5.74, 6) is -0.401. The van der Waals surface area contributed by atoms with Crippen LogP contribution in [-0.2, 0) is 9.53 Å². The summed E-state index contributed by atoms with van der Waals surface area (Å²) in [5.41, 5.74) is 0. The lowest BCUT2D eigenvalue weighted by atomic mass is 10.1. The third-order valence-corrected chi connectivity index (χ3v) is 2.07. The normalized spacial score (nSPS) is 14.7. The first-order valence-electron chi connectivity index (χ1n) is 3.62. The number of hydrogen-bond donors (Lipinski definition) is 1. The topological polar surface area (TPSA) is 46.5 Å². The molecule has 0 aliphatic carbocycles. The molecule has 0 bridgehead atoms. The molecule has 12 heavy (non-hydrogen) atoms. The minimum Gasteiger partial charge on any atom is -0.466 e. The molecule has 4 heteroatoms. The summed E-state index contributed by atoms with van der Waals surface area (Å²) < 4.78 is 4.84. The maximum atomic E-state index is 10.7. The van der Waals surface area contributed by atoms with E-state index >= 15 is 0 Å². The van der Waals surface area contributed by atoms with E-state index in [1.807, 2.05) is 13.8 Å². The second-order valence-corrected chi connectivity index (χ2v) is 3.66. The number of aliphatic hydroxyl groups excluding tert-OH is 1. The Labute approximate surface area is 80.5 Å². The molecule has 1 N–H and O–H groups in total. The van der Waals surface area contributed by atoms with Crippen LogP contribution in [0.15, 0.2) is 10.6 Å². The van der Waals surface area contributed by atoms with Crippen molar-refractivity contribution in [2.45, 2.75) is 20.0 Å². The van der Waals surface area contributed by atoms with Crippen LogP contribution < -0.4 is 0 Å². The molecule has 0 amide bonds. The first kappa shape index (κ1) is 11.6. The number of methoxy groups -OCH3 is 1. The van der Waals surface area contributed by atoms with Crippen molar-refractivity contribution >= 4 is 21.9 Å². The van der Waals surface area contributed by atoms with Gasteiger partial charge in [-0.05, 0) is 5.92 Å². The van der Waals surface area contributed by atoms with Gasteiger partial charge in [-0.3, -0.25) is 0 Å². The Kier molecular flexibility index (Phi) is 5.17. The van der Waals surface area contributed by atoms with Gasteiger partial charge in [-0.1, -0.05) is 29.8 Å². The number of rotatable bonds is 3. The van der Waals surface area contributed by atoms with E-state index in [2.05, 4.69) is 20.7 Å². The van der Waals surface area contributed by atoms with Crippen molar-refractivity contribution in [2.75, 3.05) is 7.11 Å². The van der Waals surface area contributed by atoms with Crippen LogP contribution in [0, 0.1) is 5.92 Å². The van der Waals surface area contributed by atoms with Gasteiger partial charge in [0.2, 0.25) is 0 Å². The predicted octanol–water partition coefficient (Wildman–Crippen LogP) is 1.46. The van der Waals surface area contributed by atoms with Gasteiger partial charge in [-0.25, -0.2) is 4.79 Å². The molecular weight excluding hydrogens is 224 g/mol. The van der Waals surface area contributed by atoms with Crippen molar-refractivity contribution in [1.29, 1.82) is 0 Å². The third kappa shape index (κ3) is 3.88. The Morgan fingerprint density at radius 2 is 2.08 bits per heavy atom. The van der Waals surface area contributed by atoms with Gasteiger partial charge in [0.15, 0.2) is 0 Å². The number of halogens is 1. The standard InChI is InChI=1S/C8H13BrO3/c1-5(2)8(11)6(9)4-7(10)12-3/h4-5,8,11H,1-3H3/b6-4+. The molecule has 0 radical (unpaired) electrons. The molecule has 0 saturated carbocycles. The maximum Gasteiger partial charge on any atom is 0.331 e. The minimum absolute atomic E-state index is 0.0697. The lowest BCUT2D eigenvalue weighted by Crippen LogP contribution is -2.15. The van der Waals surface area contributed by atoms with Gasteiger partial charge in [0.1, 0.15) is 0 Å². The molecule has 1 unspecified atom stereocenters. The van der Waals surface area contributed by atoms with Gasteiger partial charge in [-0.15, -0.1) is 0 Å². The van der Waals surface area contributed by atoms with Gasteiger partial charge >= 0.3 is 5.97 Å². The Balaban J connectivity index is 4.26. The van der Waals surface area contributed by atoms with Gasteiger partial charge in [-0.2, -0.15) is 0 Å². The molecule has 0 aliphatic heterocycles. The van der Waals surface area contributed by atoms with Crippen LogP contribution in [0.25, 0.3) is 0 Å². The second kappa shape index (κ2) is 5.32. The van der Waals surface area contributed by atoms with Crippen molar-refractivity contribution in [3.05, 3.63) is 10.6 Å². The van der Waals surface area contributed by atoms with Crippen LogP contribution in [0.2, 0.25) is 0 Å². The van der Waals surface area contributed by atoms with Crippen LogP contribution in [0.1, 0.15) is 13.8 Å². The lowest BCUT2D eigenvalue weighted by molar-refractivity contribution is -0.134. The number of carbonyl (C=O) groups excluding carboxylic acids is 1. The zero-order valence-electron chi connectivity index (χ0n) is 7.37. The number of esters is 1. The van der Waals surface area contributed by atoms with Crippen molar-refractivity contribution in [1.82, 2.24) is 0 Å².